The van der Waals surface area contributed by atoms with E-state index < -0.39 is 0 Å². The van der Waals surface area contributed by atoms with Gasteiger partial charge in [-0.2, -0.15) is 0 Å². The number of hydrogen-bond donors (Lipinski definition) is 0. The molecule has 0 amide bonds. The zero-order chi connectivity index (χ0) is 35.0. The molecule has 2 nitrogen and oxygen atoms in total. The summed E-state index contributed by atoms with van der Waals surface area (Å²) in [7, 11) is 0. The van der Waals surface area contributed by atoms with Gasteiger partial charge in [0.2, 0.25) is 0 Å². The van der Waals surface area contributed by atoms with Gasteiger partial charge in [0.1, 0.15) is 0 Å². The Labute approximate surface area is 305 Å². The van der Waals surface area contributed by atoms with E-state index in [0.29, 0.717) is 5.39 Å². The number of nitrogens with zero attached hydrogens (tertiary/aromatic N) is 1. The van der Waals surface area contributed by atoms with Crippen LogP contribution < -0.4 is 5.56 Å². The van der Waals surface area contributed by atoms with E-state index >= 15 is 0 Å². The van der Waals surface area contributed by atoms with Crippen LogP contribution >= 0.6 is 0 Å². The number of rotatable bonds is 3. The van der Waals surface area contributed by atoms with Crippen molar-refractivity contribution in [1.29, 1.82) is 0 Å². The van der Waals surface area contributed by atoms with Crippen molar-refractivity contribution in [1.82, 2.24) is 4.57 Å². The van der Waals surface area contributed by atoms with Crippen LogP contribution in [-0.2, 0) is 0 Å². The van der Waals surface area contributed by atoms with Gasteiger partial charge in [-0.3, -0.25) is 9.36 Å². The molecule has 10 aromatic carbocycles. The summed E-state index contributed by atoms with van der Waals surface area (Å²) in [4.78, 5) is 14.0. The van der Waals surface area contributed by atoms with E-state index in [4.69, 9.17) is 0 Å². The minimum Gasteiger partial charge on any atom is -0.276 e. The molecule has 0 saturated carbocycles. The third-order valence-corrected chi connectivity index (χ3v) is 11.1. The van der Waals surface area contributed by atoms with E-state index in [1.165, 1.54) is 70.6 Å². The lowest BCUT2D eigenvalue weighted by Crippen LogP contribution is -2.19. The molecule has 0 unspecified atom stereocenters. The Hall–Kier alpha value is -7.03. The summed E-state index contributed by atoms with van der Waals surface area (Å²) in [6.07, 6.45) is 0. The van der Waals surface area contributed by atoms with Crippen LogP contribution in [0.25, 0.3) is 103 Å². The van der Waals surface area contributed by atoms with Crippen molar-refractivity contribution >= 4 is 75.5 Å². The number of benzene rings is 10. The second kappa shape index (κ2) is 11.5. The van der Waals surface area contributed by atoms with Gasteiger partial charge in [-0.05, 0) is 124 Å². The van der Waals surface area contributed by atoms with Gasteiger partial charge in [-0.15, -0.1) is 0 Å². The molecule has 1 aromatic heterocycles. The smallest absolute Gasteiger partial charge is 0.263 e. The molecule has 246 valence electrons. The van der Waals surface area contributed by atoms with E-state index in [9.17, 15) is 4.79 Å². The maximum atomic E-state index is 14.0. The van der Waals surface area contributed by atoms with Crippen molar-refractivity contribution in [2.24, 2.45) is 0 Å². The van der Waals surface area contributed by atoms with Crippen molar-refractivity contribution in [2.45, 2.75) is 0 Å². The molecule has 0 saturated heterocycles. The molecule has 1 heterocycles. The molecule has 11 aromatic rings. The SMILES string of the molecule is O=c1c2ccccc2c2cc(-c3c4ccccc4c(-c4cccc5c4ccc4cc6ccccc6cc45)c4ccccc34)ccc2n1-c1ccccc1. The third kappa shape index (κ3) is 4.43. The quantitative estimate of drug-likeness (QED) is 0.135. The molecule has 0 fully saturated rings. The minimum absolute atomic E-state index is 0.0108. The predicted octanol–water partition coefficient (Wildman–Crippen LogP) is 13.2. The second-order valence-electron chi connectivity index (χ2n) is 14.0. The molecule has 0 N–H and O–H groups in total. The molecular weight excluding hydrogens is 643 g/mol. The third-order valence-electron chi connectivity index (χ3n) is 11.1. The van der Waals surface area contributed by atoms with Crippen LogP contribution in [0.15, 0.2) is 193 Å². The number of aromatic nitrogens is 1. The molecular formula is C51H31NO. The largest absolute Gasteiger partial charge is 0.276 e. The van der Waals surface area contributed by atoms with Gasteiger partial charge >= 0.3 is 0 Å². The number of pyridine rings is 1. The van der Waals surface area contributed by atoms with Crippen molar-refractivity contribution in [3.63, 3.8) is 0 Å². The average Bonchev–Trinajstić information content (AvgIpc) is 3.22. The number of para-hydroxylation sites is 1. The van der Waals surface area contributed by atoms with E-state index in [-0.39, 0.29) is 5.56 Å². The van der Waals surface area contributed by atoms with Crippen LogP contribution in [0.2, 0.25) is 0 Å². The van der Waals surface area contributed by atoms with E-state index in [1.54, 1.807) is 0 Å². The van der Waals surface area contributed by atoms with Gasteiger partial charge in [0.25, 0.3) is 5.56 Å². The summed E-state index contributed by atoms with van der Waals surface area (Å²) in [5.41, 5.74) is 6.53. The molecule has 11 rings (SSSR count). The van der Waals surface area contributed by atoms with Crippen LogP contribution in [0, 0.1) is 0 Å². The van der Waals surface area contributed by atoms with E-state index in [0.717, 1.165) is 27.5 Å². The number of hydrogen-bond acceptors (Lipinski definition) is 1. The lowest BCUT2D eigenvalue weighted by atomic mass is 9.84. The van der Waals surface area contributed by atoms with E-state index in [1.807, 2.05) is 53.1 Å². The first-order valence-electron chi connectivity index (χ1n) is 18.1. The van der Waals surface area contributed by atoms with Crippen LogP contribution in [0.3, 0.4) is 0 Å². The molecule has 0 aliphatic carbocycles. The lowest BCUT2D eigenvalue weighted by molar-refractivity contribution is 1.06. The zero-order valence-electron chi connectivity index (χ0n) is 28.8. The first-order chi connectivity index (χ1) is 26.2. The molecule has 0 spiro atoms. The zero-order valence-corrected chi connectivity index (χ0v) is 28.8. The highest BCUT2D eigenvalue weighted by Crippen LogP contribution is 2.46. The Kier molecular flexibility index (Phi) is 6.44. The Morgan fingerprint density at radius 3 is 1.60 bits per heavy atom. The van der Waals surface area contributed by atoms with Gasteiger partial charge in [0.05, 0.1) is 5.52 Å². The monoisotopic (exact) mass is 673 g/mol. The molecule has 2 heteroatoms. The summed E-state index contributed by atoms with van der Waals surface area (Å²) in [6, 6.07) is 66.9. The van der Waals surface area contributed by atoms with Crippen LogP contribution in [0.1, 0.15) is 0 Å². The minimum atomic E-state index is -0.0108. The molecule has 53 heavy (non-hydrogen) atoms. The standard InChI is InChI=1S/C51H31NO/c53-51-45-22-11-6-17-38(45)47-31-35(26-28-48(47)52(51)36-15-2-1-3-16-36)49-41-18-7-9-20-43(41)50(44-21-10-8-19-42(44)49)40-24-12-23-37-39(40)27-25-34-29-32-13-4-5-14-33(32)30-46(34)37/h1-31H. The first-order valence-corrected chi connectivity index (χ1v) is 18.1. The highest BCUT2D eigenvalue weighted by molar-refractivity contribution is 6.25. The van der Waals surface area contributed by atoms with E-state index in [2.05, 4.69) is 140 Å². The molecule has 0 radical (unpaired) electrons. The Morgan fingerprint density at radius 1 is 0.321 bits per heavy atom. The van der Waals surface area contributed by atoms with Crippen molar-refractivity contribution < 1.29 is 0 Å². The molecule has 0 atom stereocenters. The van der Waals surface area contributed by atoms with Crippen molar-refractivity contribution in [3.05, 3.63) is 198 Å². The van der Waals surface area contributed by atoms with Crippen LogP contribution in [-0.4, -0.2) is 4.57 Å². The van der Waals surface area contributed by atoms with Gasteiger partial charge in [0.15, 0.2) is 0 Å². The maximum Gasteiger partial charge on any atom is 0.263 e. The number of fused-ring (bicyclic) bond motifs is 9. The summed E-state index contributed by atoms with van der Waals surface area (Å²) < 4.78 is 1.85. The van der Waals surface area contributed by atoms with Gasteiger partial charge in [-0.25, -0.2) is 0 Å². The summed E-state index contributed by atoms with van der Waals surface area (Å²) in [5, 5.41) is 15.1. The predicted molar refractivity (Wildman–Crippen MR) is 225 cm³/mol. The summed E-state index contributed by atoms with van der Waals surface area (Å²) in [6.45, 7) is 0. The van der Waals surface area contributed by atoms with Crippen LogP contribution in [0.5, 0.6) is 0 Å². The van der Waals surface area contributed by atoms with Gasteiger partial charge in [-0.1, -0.05) is 146 Å². The molecule has 0 bridgehead atoms. The first kappa shape index (κ1) is 29.7. The van der Waals surface area contributed by atoms with Gasteiger partial charge in [0, 0.05) is 16.5 Å². The summed E-state index contributed by atoms with van der Waals surface area (Å²) >= 11 is 0. The fraction of sp³-hybridized carbons (Fsp3) is 0. The normalized spacial score (nSPS) is 11.8. The second-order valence-corrected chi connectivity index (χ2v) is 14.0. The fourth-order valence-electron chi connectivity index (χ4n) is 8.80. The van der Waals surface area contributed by atoms with Crippen molar-refractivity contribution in [2.75, 3.05) is 0 Å². The highest BCUT2D eigenvalue weighted by Gasteiger charge is 2.20. The lowest BCUT2D eigenvalue weighted by Gasteiger charge is -2.20. The Balaban J connectivity index is 1.22. The van der Waals surface area contributed by atoms with Crippen LogP contribution in [0.4, 0.5) is 0 Å². The highest BCUT2D eigenvalue weighted by atomic mass is 16.1. The van der Waals surface area contributed by atoms with Gasteiger partial charge < -0.3 is 0 Å². The topological polar surface area (TPSA) is 22.0 Å². The average molecular weight is 674 g/mol. The summed E-state index contributed by atoms with van der Waals surface area (Å²) in [5.74, 6) is 0. The molecule has 0 aliphatic rings. The Morgan fingerprint density at radius 2 is 0.887 bits per heavy atom. The maximum absolute atomic E-state index is 14.0. The van der Waals surface area contributed by atoms with Crippen molar-refractivity contribution in [3.8, 4) is 27.9 Å². The Bertz CT molecular complexity index is 3300. The fourth-order valence-corrected chi connectivity index (χ4v) is 8.80. The molecule has 0 aliphatic heterocycles.